The minimum absolute atomic E-state index is 0.0762. The van der Waals surface area contributed by atoms with Gasteiger partial charge in [0.05, 0.1) is 20.0 Å². The second kappa shape index (κ2) is 14.9. The maximum atomic E-state index is 12.8. The van der Waals surface area contributed by atoms with Crippen LogP contribution in [0.2, 0.25) is 0 Å². The average molecular weight is 515 g/mol. The zero-order chi connectivity index (χ0) is 26.4. The molecule has 0 aromatic carbocycles. The largest absolute Gasteiger partial charge is 0.466 e. The van der Waals surface area contributed by atoms with Crippen molar-refractivity contribution in [3.8, 4) is 0 Å². The molecule has 2 amide bonds. The lowest BCUT2D eigenvalue weighted by molar-refractivity contribution is -0.165. The quantitative estimate of drug-likeness (QED) is 0.222. The van der Waals surface area contributed by atoms with Gasteiger partial charge in [0.25, 0.3) is 5.91 Å². The molecule has 0 aromatic rings. The van der Waals surface area contributed by atoms with Crippen molar-refractivity contribution in [2.24, 2.45) is 5.41 Å². The fourth-order valence-electron chi connectivity index (χ4n) is 2.72. The zero-order valence-electron chi connectivity index (χ0n) is 19.9. The van der Waals surface area contributed by atoms with Crippen LogP contribution in [0.25, 0.3) is 0 Å². The molecule has 12 nitrogen and oxygen atoms in total. The van der Waals surface area contributed by atoms with Gasteiger partial charge in [-0.3, -0.25) is 24.0 Å². The highest BCUT2D eigenvalue weighted by molar-refractivity contribution is 8.13. The van der Waals surface area contributed by atoms with Crippen molar-refractivity contribution in [1.29, 1.82) is 0 Å². The number of rotatable bonds is 3. The number of carbonyl (C=O) groups excluding carboxylic acids is 7. The molecule has 1 atom stereocenters. The van der Waals surface area contributed by atoms with Gasteiger partial charge in [-0.1, -0.05) is 25.6 Å². The highest BCUT2D eigenvalue weighted by Crippen LogP contribution is 2.25. The molecule has 1 heterocycles. The van der Waals surface area contributed by atoms with Crippen molar-refractivity contribution in [2.75, 3.05) is 32.6 Å². The Kier molecular flexibility index (Phi) is 12.7. The molecule has 194 valence electrons. The third-order valence-electron chi connectivity index (χ3n) is 4.63. The van der Waals surface area contributed by atoms with Crippen LogP contribution in [0, 0.1) is 5.41 Å². The normalized spacial score (nSPS) is 21.6. The third-order valence-corrected chi connectivity index (χ3v) is 5.51. The van der Waals surface area contributed by atoms with Gasteiger partial charge in [0.15, 0.2) is 11.2 Å². The summed E-state index contributed by atoms with van der Waals surface area (Å²) in [5.74, 6) is -3.83. The van der Waals surface area contributed by atoms with Gasteiger partial charge in [-0.15, -0.1) is 0 Å². The lowest BCUT2D eigenvalue weighted by atomic mass is 9.86. The average Bonchev–Trinajstić information content (AvgIpc) is 2.80. The molecule has 0 radical (unpaired) electrons. The summed E-state index contributed by atoms with van der Waals surface area (Å²) in [6, 6.07) is 0. The summed E-state index contributed by atoms with van der Waals surface area (Å²) in [6.45, 7) is 2.79. The summed E-state index contributed by atoms with van der Waals surface area (Å²) in [6.07, 6.45) is -0.726. The fraction of sp³-hybridized carbons (Fsp3) is 0.591. The maximum Gasteiger partial charge on any atom is 0.331 e. The van der Waals surface area contributed by atoms with Crippen molar-refractivity contribution in [2.45, 2.75) is 45.6 Å². The van der Waals surface area contributed by atoms with Gasteiger partial charge in [0.1, 0.15) is 12.4 Å². The van der Waals surface area contributed by atoms with E-state index in [-0.39, 0.29) is 62.2 Å². The van der Waals surface area contributed by atoms with Crippen molar-refractivity contribution in [3.05, 3.63) is 12.2 Å². The van der Waals surface area contributed by atoms with E-state index < -0.39 is 41.1 Å². The molecule has 2 N–H and O–H groups in total. The van der Waals surface area contributed by atoms with Gasteiger partial charge < -0.3 is 24.8 Å². The molecule has 0 bridgehead atoms. The van der Waals surface area contributed by atoms with E-state index in [1.54, 1.807) is 0 Å². The zero-order valence-corrected chi connectivity index (χ0v) is 20.7. The molecule has 13 heteroatoms. The molecule has 0 spiro atoms. The number of amides is 2. The van der Waals surface area contributed by atoms with Gasteiger partial charge in [0, 0.05) is 49.3 Å². The Morgan fingerprint density at radius 2 is 1.69 bits per heavy atom. The Bertz CT molecular complexity index is 868. The first-order valence-corrected chi connectivity index (χ1v) is 11.8. The highest BCUT2D eigenvalue weighted by Gasteiger charge is 2.39. The summed E-state index contributed by atoms with van der Waals surface area (Å²) in [5.41, 5.74) is -1.23. The Morgan fingerprint density at radius 1 is 1.00 bits per heavy atom. The van der Waals surface area contributed by atoms with Gasteiger partial charge in [-0.25, -0.2) is 9.59 Å². The molecular formula is C22H30N2O10S. The highest BCUT2D eigenvalue weighted by atomic mass is 32.2. The SMILES string of the molecule is COC(=O)/C=C/C(=O)O[C@H]1C(=O)NCCC(=O)NCCSC(=O)CC(=O)CCC(=O)OCC1(C)C. The van der Waals surface area contributed by atoms with Crippen molar-refractivity contribution in [3.63, 3.8) is 0 Å². The van der Waals surface area contributed by atoms with Crippen LogP contribution in [0.5, 0.6) is 0 Å². The van der Waals surface area contributed by atoms with Crippen LogP contribution >= 0.6 is 11.8 Å². The third kappa shape index (κ3) is 12.2. The van der Waals surface area contributed by atoms with Crippen molar-refractivity contribution >= 4 is 52.4 Å². The van der Waals surface area contributed by atoms with Crippen LogP contribution in [-0.4, -0.2) is 79.3 Å². The summed E-state index contributed by atoms with van der Waals surface area (Å²) >= 11 is 0.899. The van der Waals surface area contributed by atoms with Crippen LogP contribution in [0.15, 0.2) is 12.2 Å². The fourth-order valence-corrected chi connectivity index (χ4v) is 3.41. The monoisotopic (exact) mass is 514 g/mol. The number of nitrogens with one attached hydrogen (secondary N) is 2. The predicted octanol–water partition coefficient (Wildman–Crippen LogP) is -0.168. The Labute approximate surface area is 206 Å². The van der Waals surface area contributed by atoms with Gasteiger partial charge >= 0.3 is 17.9 Å². The molecule has 0 saturated carbocycles. The molecule has 35 heavy (non-hydrogen) atoms. The van der Waals surface area contributed by atoms with Crippen LogP contribution in [0.1, 0.15) is 39.5 Å². The predicted molar refractivity (Wildman–Crippen MR) is 123 cm³/mol. The Hall–Kier alpha value is -3.22. The second-order valence-electron chi connectivity index (χ2n) is 8.15. The number of Topliss-reactive ketones (excluding diaryl/α,β-unsaturated/α-hetero) is 1. The van der Waals surface area contributed by atoms with E-state index in [2.05, 4.69) is 15.4 Å². The number of hydrogen-bond donors (Lipinski definition) is 2. The van der Waals surface area contributed by atoms with Gasteiger partial charge in [-0.2, -0.15) is 0 Å². The number of carbonyl (C=O) groups is 7. The summed E-state index contributed by atoms with van der Waals surface area (Å²) < 4.78 is 14.8. The van der Waals surface area contributed by atoms with Crippen LogP contribution in [-0.2, 0) is 47.8 Å². The van der Waals surface area contributed by atoms with E-state index in [9.17, 15) is 33.6 Å². The van der Waals surface area contributed by atoms with Crippen LogP contribution in [0.3, 0.4) is 0 Å². The maximum absolute atomic E-state index is 12.8. The van der Waals surface area contributed by atoms with E-state index in [1.165, 1.54) is 13.8 Å². The molecule has 1 saturated heterocycles. The first-order valence-electron chi connectivity index (χ1n) is 10.8. The first-order chi connectivity index (χ1) is 16.4. The van der Waals surface area contributed by atoms with E-state index in [0.29, 0.717) is 0 Å². The Balaban J connectivity index is 2.99. The van der Waals surface area contributed by atoms with E-state index in [0.717, 1.165) is 31.0 Å². The topological polar surface area (TPSA) is 171 Å². The van der Waals surface area contributed by atoms with Gasteiger partial charge in [0.2, 0.25) is 5.91 Å². The minimum Gasteiger partial charge on any atom is -0.466 e. The second-order valence-corrected chi connectivity index (χ2v) is 9.30. The molecule has 1 fully saturated rings. The number of esters is 3. The smallest absolute Gasteiger partial charge is 0.331 e. The summed E-state index contributed by atoms with van der Waals surface area (Å²) in [4.78, 5) is 84.0. The number of cyclic esters (lactones) is 1. The molecule has 1 aliphatic heterocycles. The summed E-state index contributed by atoms with van der Waals surface area (Å²) in [7, 11) is 1.12. The summed E-state index contributed by atoms with van der Waals surface area (Å²) in [5, 5.41) is 4.73. The number of hydrogen-bond acceptors (Lipinski definition) is 11. The molecule has 0 aliphatic carbocycles. The van der Waals surface area contributed by atoms with Crippen LogP contribution in [0.4, 0.5) is 0 Å². The number of ketones is 1. The standard InChI is InChI=1S/C22H30N2O10S/c1-22(2)13-33-17(28)5-4-14(25)12-19(30)35-11-10-23-15(26)8-9-24-21(31)20(22)34-18(29)7-6-16(27)32-3/h6-7,20H,4-5,8-13H2,1-3H3,(H,23,26)(H,24,31)/b7-6+/t20-/m0/s1. The first kappa shape index (κ1) is 29.8. The minimum atomic E-state index is -1.45. The van der Waals surface area contributed by atoms with Crippen LogP contribution < -0.4 is 10.6 Å². The van der Waals surface area contributed by atoms with Gasteiger partial charge in [-0.05, 0) is 0 Å². The molecule has 0 aromatic heterocycles. The molecule has 1 rings (SSSR count). The lowest BCUT2D eigenvalue weighted by Gasteiger charge is -2.32. The Morgan fingerprint density at radius 3 is 2.37 bits per heavy atom. The van der Waals surface area contributed by atoms with E-state index in [1.807, 2.05) is 0 Å². The van der Waals surface area contributed by atoms with Crippen molar-refractivity contribution in [1.82, 2.24) is 10.6 Å². The lowest BCUT2D eigenvalue weighted by Crippen LogP contribution is -2.49. The molecule has 0 unspecified atom stereocenters. The van der Waals surface area contributed by atoms with Crippen molar-refractivity contribution < 1.29 is 47.8 Å². The number of thioether (sulfide) groups is 1. The number of methoxy groups -OCH3 is 1. The van der Waals surface area contributed by atoms with E-state index in [4.69, 9.17) is 9.47 Å². The molecular weight excluding hydrogens is 484 g/mol. The number of ether oxygens (including phenoxy) is 3. The molecule has 1 aliphatic rings. The van der Waals surface area contributed by atoms with E-state index >= 15 is 0 Å².